The van der Waals surface area contributed by atoms with E-state index in [-0.39, 0.29) is 5.91 Å². The van der Waals surface area contributed by atoms with Crippen molar-refractivity contribution in [2.24, 2.45) is 5.10 Å². The molecule has 0 aliphatic heterocycles. The van der Waals surface area contributed by atoms with Crippen molar-refractivity contribution in [2.45, 2.75) is 6.92 Å². The third-order valence-corrected chi connectivity index (χ3v) is 2.13. The first-order chi connectivity index (χ1) is 6.34. The van der Waals surface area contributed by atoms with Crippen molar-refractivity contribution < 1.29 is 4.79 Å². The van der Waals surface area contributed by atoms with Crippen LogP contribution < -0.4 is 5.43 Å². The number of hydrazone groups is 1. The second-order valence-electron chi connectivity index (χ2n) is 2.22. The molecule has 3 nitrogen and oxygen atoms in total. The van der Waals surface area contributed by atoms with Gasteiger partial charge in [0.2, 0.25) is 0 Å². The van der Waals surface area contributed by atoms with Crippen molar-refractivity contribution in [3.8, 4) is 0 Å². The fourth-order valence-corrected chi connectivity index (χ4v) is 1.30. The van der Waals surface area contributed by atoms with Gasteiger partial charge >= 0.3 is 0 Å². The van der Waals surface area contributed by atoms with Gasteiger partial charge < -0.3 is 0 Å². The molecular formula is C9H10N2OS. The fraction of sp³-hybridized carbons (Fsp3) is 0.111. The number of nitrogens with one attached hydrogen (secondary N) is 1. The molecule has 0 atom stereocenters. The number of thiophene rings is 1. The van der Waals surface area contributed by atoms with Crippen LogP contribution in [0, 0.1) is 0 Å². The lowest BCUT2D eigenvalue weighted by molar-refractivity contribution is 0.0959. The van der Waals surface area contributed by atoms with Gasteiger partial charge in [0.1, 0.15) is 0 Å². The van der Waals surface area contributed by atoms with Gasteiger partial charge in [-0.3, -0.25) is 4.79 Å². The summed E-state index contributed by atoms with van der Waals surface area (Å²) in [4.78, 5) is 11.9. The summed E-state index contributed by atoms with van der Waals surface area (Å²) in [6, 6.07) is 3.58. The SMILES string of the molecule is C/C=C/C=N/NC(=O)c1cccs1. The van der Waals surface area contributed by atoms with Crippen molar-refractivity contribution in [1.29, 1.82) is 0 Å². The lowest BCUT2D eigenvalue weighted by Crippen LogP contribution is -2.15. The first-order valence-electron chi connectivity index (χ1n) is 3.83. The number of allylic oxidation sites excluding steroid dienone is 2. The van der Waals surface area contributed by atoms with Crippen LogP contribution in [0.4, 0.5) is 0 Å². The zero-order chi connectivity index (χ0) is 9.52. The predicted molar refractivity (Wildman–Crippen MR) is 55.1 cm³/mol. The molecule has 0 radical (unpaired) electrons. The Hall–Kier alpha value is -1.42. The fourth-order valence-electron chi connectivity index (χ4n) is 0.688. The van der Waals surface area contributed by atoms with Crippen LogP contribution in [-0.4, -0.2) is 12.1 Å². The molecule has 4 heteroatoms. The third-order valence-electron chi connectivity index (χ3n) is 1.26. The Bertz CT molecular complexity index is 314. The quantitative estimate of drug-likeness (QED) is 0.580. The molecule has 0 aliphatic rings. The summed E-state index contributed by atoms with van der Waals surface area (Å²) in [5.74, 6) is -0.171. The first kappa shape index (κ1) is 9.67. The molecule has 1 N–H and O–H groups in total. The highest BCUT2D eigenvalue weighted by Gasteiger charge is 2.02. The summed E-state index contributed by atoms with van der Waals surface area (Å²) >= 11 is 1.39. The highest BCUT2D eigenvalue weighted by molar-refractivity contribution is 7.12. The van der Waals surface area contributed by atoms with Crippen molar-refractivity contribution in [2.75, 3.05) is 0 Å². The number of nitrogens with zero attached hydrogens (tertiary/aromatic N) is 1. The van der Waals surface area contributed by atoms with E-state index in [4.69, 9.17) is 0 Å². The van der Waals surface area contributed by atoms with Crippen LogP contribution in [0.5, 0.6) is 0 Å². The third kappa shape index (κ3) is 3.21. The average molecular weight is 194 g/mol. The number of rotatable bonds is 3. The van der Waals surface area contributed by atoms with Gasteiger partial charge in [-0.05, 0) is 24.4 Å². The molecule has 0 bridgehead atoms. The number of amides is 1. The molecule has 0 saturated heterocycles. The summed E-state index contributed by atoms with van der Waals surface area (Å²) in [6.07, 6.45) is 5.11. The summed E-state index contributed by atoms with van der Waals surface area (Å²) in [5, 5.41) is 5.56. The zero-order valence-corrected chi connectivity index (χ0v) is 8.04. The molecule has 1 heterocycles. The zero-order valence-electron chi connectivity index (χ0n) is 7.23. The number of hydrogen-bond donors (Lipinski definition) is 1. The molecule has 1 amide bonds. The lowest BCUT2D eigenvalue weighted by Gasteiger charge is -1.92. The average Bonchev–Trinajstić information content (AvgIpc) is 2.65. The molecule has 1 aromatic heterocycles. The van der Waals surface area contributed by atoms with E-state index in [0.717, 1.165) is 0 Å². The molecule has 0 aliphatic carbocycles. The van der Waals surface area contributed by atoms with E-state index < -0.39 is 0 Å². The Morgan fingerprint density at radius 2 is 2.54 bits per heavy atom. The van der Waals surface area contributed by atoms with Crippen LogP contribution in [0.25, 0.3) is 0 Å². The van der Waals surface area contributed by atoms with E-state index in [1.165, 1.54) is 17.6 Å². The minimum absolute atomic E-state index is 0.171. The molecule has 0 spiro atoms. The molecule has 0 aromatic carbocycles. The highest BCUT2D eigenvalue weighted by Crippen LogP contribution is 2.07. The summed E-state index contributed by atoms with van der Waals surface area (Å²) in [5.41, 5.74) is 2.41. The second kappa shape index (κ2) is 5.27. The van der Waals surface area contributed by atoms with Crippen molar-refractivity contribution >= 4 is 23.5 Å². The maximum absolute atomic E-state index is 11.2. The van der Waals surface area contributed by atoms with Crippen LogP contribution >= 0.6 is 11.3 Å². The topological polar surface area (TPSA) is 41.5 Å². The van der Waals surface area contributed by atoms with E-state index in [0.29, 0.717) is 4.88 Å². The Labute approximate surface area is 80.8 Å². The second-order valence-corrected chi connectivity index (χ2v) is 3.17. The first-order valence-corrected chi connectivity index (χ1v) is 4.70. The largest absolute Gasteiger partial charge is 0.281 e. The molecule has 0 saturated carbocycles. The van der Waals surface area contributed by atoms with E-state index in [1.54, 1.807) is 12.1 Å². The van der Waals surface area contributed by atoms with Gasteiger partial charge in [-0.1, -0.05) is 12.1 Å². The van der Waals surface area contributed by atoms with Gasteiger partial charge in [0, 0.05) is 6.21 Å². The molecule has 0 fully saturated rings. The standard InChI is InChI=1S/C9H10N2OS/c1-2-3-6-10-11-9(12)8-5-4-7-13-8/h2-7H,1H3,(H,11,12)/b3-2+,10-6+. The van der Waals surface area contributed by atoms with Crippen LogP contribution in [0.1, 0.15) is 16.6 Å². The van der Waals surface area contributed by atoms with E-state index in [1.807, 2.05) is 24.4 Å². The van der Waals surface area contributed by atoms with Crippen LogP contribution in [0.2, 0.25) is 0 Å². The van der Waals surface area contributed by atoms with Crippen molar-refractivity contribution in [3.05, 3.63) is 34.5 Å². The van der Waals surface area contributed by atoms with Crippen LogP contribution in [0.15, 0.2) is 34.8 Å². The van der Waals surface area contributed by atoms with E-state index in [9.17, 15) is 4.79 Å². The molecular weight excluding hydrogens is 184 g/mol. The summed E-state index contributed by atoms with van der Waals surface area (Å²) in [7, 11) is 0. The molecule has 13 heavy (non-hydrogen) atoms. The minimum Gasteiger partial charge on any atom is -0.266 e. The maximum atomic E-state index is 11.2. The number of hydrogen-bond acceptors (Lipinski definition) is 3. The summed E-state index contributed by atoms with van der Waals surface area (Å²) in [6.45, 7) is 1.88. The van der Waals surface area contributed by atoms with Gasteiger partial charge in [-0.25, -0.2) is 5.43 Å². The van der Waals surface area contributed by atoms with Gasteiger partial charge in [0.25, 0.3) is 5.91 Å². The van der Waals surface area contributed by atoms with Gasteiger partial charge in [-0.2, -0.15) is 5.10 Å². The van der Waals surface area contributed by atoms with Crippen LogP contribution in [0.3, 0.4) is 0 Å². The number of carbonyl (C=O) groups excluding carboxylic acids is 1. The van der Waals surface area contributed by atoms with Gasteiger partial charge in [0.15, 0.2) is 0 Å². The van der Waals surface area contributed by atoms with Crippen molar-refractivity contribution in [1.82, 2.24) is 5.43 Å². The lowest BCUT2D eigenvalue weighted by atomic mass is 10.4. The van der Waals surface area contributed by atoms with Gasteiger partial charge in [-0.15, -0.1) is 11.3 Å². The number of carbonyl (C=O) groups is 1. The summed E-state index contributed by atoms with van der Waals surface area (Å²) < 4.78 is 0. The van der Waals surface area contributed by atoms with E-state index >= 15 is 0 Å². The smallest absolute Gasteiger partial charge is 0.266 e. The van der Waals surface area contributed by atoms with Crippen molar-refractivity contribution in [3.63, 3.8) is 0 Å². The molecule has 1 rings (SSSR count). The Kier molecular flexibility index (Phi) is 3.92. The molecule has 0 unspecified atom stereocenters. The Morgan fingerprint density at radius 1 is 1.69 bits per heavy atom. The molecule has 1 aromatic rings. The predicted octanol–water partition coefficient (Wildman–Crippen LogP) is 2.04. The Balaban J connectivity index is 2.43. The van der Waals surface area contributed by atoms with Gasteiger partial charge in [0.05, 0.1) is 4.88 Å². The van der Waals surface area contributed by atoms with Crippen LogP contribution in [-0.2, 0) is 0 Å². The maximum Gasteiger partial charge on any atom is 0.281 e. The normalized spacial score (nSPS) is 11.2. The minimum atomic E-state index is -0.171. The van der Waals surface area contributed by atoms with E-state index in [2.05, 4.69) is 10.5 Å². The molecule has 68 valence electrons. The monoisotopic (exact) mass is 194 g/mol. The Morgan fingerprint density at radius 3 is 3.15 bits per heavy atom. The highest BCUT2D eigenvalue weighted by atomic mass is 32.1.